The summed E-state index contributed by atoms with van der Waals surface area (Å²) in [5.41, 5.74) is 9.44. The van der Waals surface area contributed by atoms with Gasteiger partial charge in [-0.2, -0.15) is 0 Å². The number of para-hydroxylation sites is 3. The Bertz CT molecular complexity index is 3150. The molecule has 0 saturated heterocycles. The third-order valence-corrected chi connectivity index (χ3v) is 9.77. The third kappa shape index (κ3) is 4.26. The van der Waals surface area contributed by atoms with Crippen molar-refractivity contribution in [3.63, 3.8) is 0 Å². The molecule has 0 aliphatic rings. The lowest BCUT2D eigenvalue weighted by Crippen LogP contribution is -2.01. The molecule has 0 unspecified atom stereocenters. The summed E-state index contributed by atoms with van der Waals surface area (Å²) >= 11 is 0. The Balaban J connectivity index is 1.18. The van der Waals surface area contributed by atoms with Crippen LogP contribution < -0.4 is 0 Å². The van der Waals surface area contributed by atoms with Gasteiger partial charge in [0.15, 0.2) is 17.5 Å². The third-order valence-electron chi connectivity index (χ3n) is 9.77. The minimum absolute atomic E-state index is 0.555. The molecule has 0 radical (unpaired) electrons. The molecule has 0 spiro atoms. The van der Waals surface area contributed by atoms with E-state index < -0.39 is 0 Å². The molecular weight excluding hydrogens is 631 g/mol. The fourth-order valence-corrected chi connectivity index (χ4v) is 7.43. The Kier molecular flexibility index (Phi) is 5.86. The lowest BCUT2D eigenvalue weighted by atomic mass is 9.97. The largest absolute Gasteiger partial charge is 0.456 e. The first kappa shape index (κ1) is 27.9. The van der Waals surface area contributed by atoms with Gasteiger partial charge in [-0.3, -0.25) is 0 Å². The van der Waals surface area contributed by atoms with Crippen LogP contribution in [0.4, 0.5) is 0 Å². The first-order chi connectivity index (χ1) is 25.3. The van der Waals surface area contributed by atoms with Gasteiger partial charge in [-0.1, -0.05) is 103 Å². The summed E-state index contributed by atoms with van der Waals surface area (Å²) in [6, 6.07) is 51.0. The van der Waals surface area contributed by atoms with Gasteiger partial charge < -0.3 is 13.3 Å². The average Bonchev–Trinajstić information content (AvgIpc) is 3.89. The van der Waals surface area contributed by atoms with E-state index in [-0.39, 0.29) is 0 Å². The van der Waals surface area contributed by atoms with Crippen molar-refractivity contribution in [3.8, 4) is 45.3 Å². The average molecular weight is 656 g/mol. The maximum atomic E-state index is 6.68. The summed E-state index contributed by atoms with van der Waals surface area (Å²) in [5, 5.41) is 6.09. The molecule has 0 saturated carbocycles. The van der Waals surface area contributed by atoms with Gasteiger partial charge in [-0.15, -0.1) is 0 Å². The molecule has 0 N–H and O–H groups in total. The van der Waals surface area contributed by atoms with E-state index >= 15 is 0 Å². The topological polar surface area (TPSA) is 78.1 Å². The molecule has 0 bridgehead atoms. The number of aromatic nitrogens is 3. The van der Waals surface area contributed by atoms with Crippen LogP contribution in [0, 0.1) is 0 Å². The molecule has 7 aromatic carbocycles. The highest BCUT2D eigenvalue weighted by Crippen LogP contribution is 2.43. The van der Waals surface area contributed by atoms with E-state index in [0.29, 0.717) is 17.5 Å². The van der Waals surface area contributed by atoms with E-state index in [1.54, 1.807) is 0 Å². The lowest BCUT2D eigenvalue weighted by molar-refractivity contribution is 0.668. The number of rotatable bonds is 4. The summed E-state index contributed by atoms with van der Waals surface area (Å²) in [4.78, 5) is 15.4. The Labute approximate surface area is 290 Å². The number of hydrogen-bond acceptors (Lipinski definition) is 6. The van der Waals surface area contributed by atoms with Crippen LogP contribution in [0.5, 0.6) is 0 Å². The van der Waals surface area contributed by atoms with E-state index in [9.17, 15) is 0 Å². The maximum Gasteiger partial charge on any atom is 0.164 e. The van der Waals surface area contributed by atoms with Crippen LogP contribution in [-0.2, 0) is 0 Å². The second kappa shape index (κ2) is 10.7. The monoisotopic (exact) mass is 655 g/mol. The minimum Gasteiger partial charge on any atom is -0.456 e. The van der Waals surface area contributed by atoms with Gasteiger partial charge in [0.2, 0.25) is 0 Å². The number of nitrogens with zero attached hydrogens (tertiary/aromatic N) is 3. The normalized spacial score (nSPS) is 11.9. The zero-order chi connectivity index (χ0) is 33.5. The van der Waals surface area contributed by atoms with Crippen molar-refractivity contribution in [2.45, 2.75) is 0 Å². The van der Waals surface area contributed by atoms with Crippen molar-refractivity contribution >= 4 is 65.8 Å². The molecule has 238 valence electrons. The molecule has 6 heteroatoms. The molecule has 0 amide bonds. The SMILES string of the molecule is c1ccc(-c2nc(-c3cccc4oc5ccccc5c34)nc(-c3ccc(-c4ccc5c(c4)oc4ccccc45)c4oc5ccccc5c34)n2)cc1. The maximum absolute atomic E-state index is 6.68. The van der Waals surface area contributed by atoms with Gasteiger partial charge in [-0.25, -0.2) is 15.0 Å². The van der Waals surface area contributed by atoms with Crippen LogP contribution in [0.1, 0.15) is 0 Å². The van der Waals surface area contributed by atoms with Crippen LogP contribution in [-0.4, -0.2) is 15.0 Å². The highest BCUT2D eigenvalue weighted by molar-refractivity contribution is 6.17. The molecule has 6 nitrogen and oxygen atoms in total. The van der Waals surface area contributed by atoms with Crippen molar-refractivity contribution in [1.29, 1.82) is 0 Å². The molecule has 0 aliphatic heterocycles. The summed E-state index contributed by atoms with van der Waals surface area (Å²) in [5.74, 6) is 1.71. The number of benzene rings is 7. The van der Waals surface area contributed by atoms with Crippen molar-refractivity contribution in [1.82, 2.24) is 15.0 Å². The Morgan fingerprint density at radius 1 is 0.314 bits per heavy atom. The first-order valence-electron chi connectivity index (χ1n) is 16.9. The van der Waals surface area contributed by atoms with Crippen LogP contribution >= 0.6 is 0 Å². The predicted molar refractivity (Wildman–Crippen MR) is 203 cm³/mol. The van der Waals surface area contributed by atoms with Gasteiger partial charge in [0.25, 0.3) is 0 Å². The highest BCUT2D eigenvalue weighted by Gasteiger charge is 2.22. The standard InChI is InChI=1S/C45H25N3O3/c1-2-11-26(12-3-1)43-46-44(33-16-10-20-38-40(33)31-14-5-8-18-36(31)49-38)48-45(47-43)34-24-23-28(42-41(34)32-15-6-9-19-37(32)51-42)27-21-22-30-29-13-4-7-17-35(29)50-39(30)25-27/h1-25H. The smallest absolute Gasteiger partial charge is 0.164 e. The van der Waals surface area contributed by atoms with Gasteiger partial charge >= 0.3 is 0 Å². The van der Waals surface area contributed by atoms with E-state index in [1.165, 1.54) is 0 Å². The molecule has 0 fully saturated rings. The molecule has 4 aromatic heterocycles. The number of fused-ring (bicyclic) bond motifs is 9. The molecule has 0 aliphatic carbocycles. The molecule has 51 heavy (non-hydrogen) atoms. The molecule has 11 rings (SSSR count). The second-order valence-corrected chi connectivity index (χ2v) is 12.7. The van der Waals surface area contributed by atoms with Crippen LogP contribution in [0.2, 0.25) is 0 Å². The fourth-order valence-electron chi connectivity index (χ4n) is 7.43. The number of furan rings is 3. The molecule has 4 heterocycles. The Morgan fingerprint density at radius 3 is 1.65 bits per heavy atom. The Hall–Kier alpha value is -7.05. The summed E-state index contributed by atoms with van der Waals surface area (Å²) in [6.45, 7) is 0. The van der Waals surface area contributed by atoms with Crippen molar-refractivity contribution in [2.24, 2.45) is 0 Å². The van der Waals surface area contributed by atoms with Gasteiger partial charge in [0, 0.05) is 54.6 Å². The molecule has 0 atom stereocenters. The summed E-state index contributed by atoms with van der Waals surface area (Å²) in [7, 11) is 0. The molecular formula is C45H25N3O3. The van der Waals surface area contributed by atoms with Crippen LogP contribution in [0.3, 0.4) is 0 Å². The van der Waals surface area contributed by atoms with Crippen molar-refractivity contribution in [2.75, 3.05) is 0 Å². The van der Waals surface area contributed by atoms with Crippen molar-refractivity contribution in [3.05, 3.63) is 152 Å². The molecule has 11 aromatic rings. The summed E-state index contributed by atoms with van der Waals surface area (Å²) in [6.07, 6.45) is 0. The lowest BCUT2D eigenvalue weighted by Gasteiger charge is -2.11. The van der Waals surface area contributed by atoms with Crippen LogP contribution in [0.15, 0.2) is 165 Å². The first-order valence-corrected chi connectivity index (χ1v) is 16.9. The van der Waals surface area contributed by atoms with E-state index in [4.69, 9.17) is 28.2 Å². The van der Waals surface area contributed by atoms with Gasteiger partial charge in [-0.05, 0) is 54.1 Å². The summed E-state index contributed by atoms with van der Waals surface area (Å²) < 4.78 is 19.2. The second-order valence-electron chi connectivity index (χ2n) is 12.7. The van der Waals surface area contributed by atoms with Gasteiger partial charge in [0.1, 0.15) is 33.5 Å². The quantitative estimate of drug-likeness (QED) is 0.188. The minimum atomic E-state index is 0.555. The highest BCUT2D eigenvalue weighted by atomic mass is 16.3. The van der Waals surface area contributed by atoms with Crippen molar-refractivity contribution < 1.29 is 13.3 Å². The Morgan fingerprint density at radius 2 is 0.863 bits per heavy atom. The predicted octanol–water partition coefficient (Wildman–Crippen LogP) is 12.2. The zero-order valence-corrected chi connectivity index (χ0v) is 27.0. The van der Waals surface area contributed by atoms with E-state index in [0.717, 1.165) is 93.6 Å². The number of hydrogen-bond donors (Lipinski definition) is 0. The van der Waals surface area contributed by atoms with Crippen LogP contribution in [0.25, 0.3) is 111 Å². The zero-order valence-electron chi connectivity index (χ0n) is 27.0. The van der Waals surface area contributed by atoms with E-state index in [2.05, 4.69) is 54.6 Å². The van der Waals surface area contributed by atoms with Gasteiger partial charge in [0.05, 0.1) is 0 Å². The van der Waals surface area contributed by atoms with E-state index in [1.807, 2.05) is 97.1 Å². The fraction of sp³-hybridized carbons (Fsp3) is 0.